The number of fused-ring (bicyclic) bond motifs is 1. The van der Waals surface area contributed by atoms with Crippen molar-refractivity contribution < 1.29 is 27.5 Å². The molecule has 2 amide bonds. The minimum Gasteiger partial charge on any atom is -0.454 e. The highest BCUT2D eigenvalue weighted by molar-refractivity contribution is 7.92. The van der Waals surface area contributed by atoms with Gasteiger partial charge in [0.15, 0.2) is 11.5 Å². The summed E-state index contributed by atoms with van der Waals surface area (Å²) in [5.74, 6) is 0.180. The summed E-state index contributed by atoms with van der Waals surface area (Å²) in [6.07, 6.45) is 2.19. The Morgan fingerprint density at radius 2 is 1.80 bits per heavy atom. The average molecular weight is 504 g/mol. The molecule has 0 bridgehead atoms. The molecule has 0 saturated carbocycles. The van der Waals surface area contributed by atoms with Crippen molar-refractivity contribution in [3.05, 3.63) is 53.6 Å². The maximum Gasteiger partial charge on any atom is 0.244 e. The largest absolute Gasteiger partial charge is 0.454 e. The molecular formula is C25H33N3O6S. The molecule has 0 spiro atoms. The minimum atomic E-state index is -3.82. The third-order valence-electron chi connectivity index (χ3n) is 5.86. The van der Waals surface area contributed by atoms with Crippen LogP contribution in [-0.4, -0.2) is 57.3 Å². The van der Waals surface area contributed by atoms with Gasteiger partial charge in [-0.25, -0.2) is 8.42 Å². The van der Waals surface area contributed by atoms with E-state index >= 15 is 0 Å². The highest BCUT2D eigenvalue weighted by Gasteiger charge is 2.32. The Bertz CT molecular complexity index is 1170. The molecule has 9 nitrogen and oxygen atoms in total. The predicted molar refractivity (Wildman–Crippen MR) is 134 cm³/mol. The van der Waals surface area contributed by atoms with E-state index in [-0.39, 0.29) is 24.9 Å². The van der Waals surface area contributed by atoms with Gasteiger partial charge in [-0.05, 0) is 43.0 Å². The molecule has 0 unspecified atom stereocenters. The lowest BCUT2D eigenvalue weighted by atomic mass is 10.1. The number of hydrogen-bond donors (Lipinski definition) is 1. The molecule has 2 aromatic rings. The zero-order valence-electron chi connectivity index (χ0n) is 20.6. The molecule has 35 heavy (non-hydrogen) atoms. The number of ether oxygens (including phenoxy) is 2. The van der Waals surface area contributed by atoms with Crippen molar-refractivity contribution in [2.45, 2.75) is 46.2 Å². The van der Waals surface area contributed by atoms with Gasteiger partial charge in [-0.3, -0.25) is 13.9 Å². The van der Waals surface area contributed by atoms with Crippen LogP contribution in [0, 0.1) is 6.92 Å². The standard InChI is InChI=1S/C25H33N3O6S/c1-5-13-26-25(30)21(6-2)27(15-19-10-8-7-9-18(19)3)24(29)16-28(35(4,31)32)20-11-12-22-23(14-20)34-17-33-22/h7-12,14,21H,5-6,13,15-17H2,1-4H3,(H,26,30)/t21-/m0/s1. The van der Waals surface area contributed by atoms with E-state index in [1.165, 1.54) is 11.0 Å². The molecule has 0 aliphatic carbocycles. The topological polar surface area (TPSA) is 105 Å². The van der Waals surface area contributed by atoms with E-state index in [1.807, 2.05) is 45.0 Å². The van der Waals surface area contributed by atoms with E-state index in [0.717, 1.165) is 28.1 Å². The Morgan fingerprint density at radius 3 is 2.46 bits per heavy atom. The summed E-state index contributed by atoms with van der Waals surface area (Å²) in [6, 6.07) is 11.6. The number of nitrogens with one attached hydrogen (secondary N) is 1. The fraction of sp³-hybridized carbons (Fsp3) is 0.440. The number of amides is 2. The molecule has 3 rings (SSSR count). The van der Waals surface area contributed by atoms with Crippen LogP contribution in [0.25, 0.3) is 0 Å². The fourth-order valence-corrected chi connectivity index (χ4v) is 4.75. The average Bonchev–Trinajstić information content (AvgIpc) is 3.29. The summed E-state index contributed by atoms with van der Waals surface area (Å²) in [7, 11) is -3.82. The highest BCUT2D eigenvalue weighted by Crippen LogP contribution is 2.36. The number of benzene rings is 2. The van der Waals surface area contributed by atoms with Crippen LogP contribution in [0.5, 0.6) is 11.5 Å². The summed E-state index contributed by atoms with van der Waals surface area (Å²) in [5, 5.41) is 2.87. The highest BCUT2D eigenvalue weighted by atomic mass is 32.2. The molecule has 0 fully saturated rings. The number of aryl methyl sites for hydroxylation is 1. The van der Waals surface area contributed by atoms with Gasteiger partial charge in [0.2, 0.25) is 28.6 Å². The van der Waals surface area contributed by atoms with Crippen molar-refractivity contribution in [1.82, 2.24) is 10.2 Å². The van der Waals surface area contributed by atoms with Crippen LogP contribution in [0.2, 0.25) is 0 Å². The zero-order valence-corrected chi connectivity index (χ0v) is 21.4. The van der Waals surface area contributed by atoms with Crippen molar-refractivity contribution in [1.29, 1.82) is 0 Å². The predicted octanol–water partition coefficient (Wildman–Crippen LogP) is 2.82. The molecule has 10 heteroatoms. The lowest BCUT2D eigenvalue weighted by Crippen LogP contribution is -2.52. The van der Waals surface area contributed by atoms with Crippen LogP contribution in [-0.2, 0) is 26.2 Å². The van der Waals surface area contributed by atoms with E-state index in [1.54, 1.807) is 12.1 Å². The fourth-order valence-electron chi connectivity index (χ4n) is 3.91. The van der Waals surface area contributed by atoms with Gasteiger partial charge in [-0.15, -0.1) is 0 Å². The molecule has 1 atom stereocenters. The number of carbonyl (C=O) groups excluding carboxylic acids is 2. The summed E-state index contributed by atoms with van der Waals surface area (Å²) in [4.78, 5) is 28.1. The second kappa shape index (κ2) is 11.4. The second-order valence-electron chi connectivity index (χ2n) is 8.47. The van der Waals surface area contributed by atoms with E-state index in [9.17, 15) is 18.0 Å². The van der Waals surface area contributed by atoms with Crippen LogP contribution in [0.3, 0.4) is 0 Å². The monoisotopic (exact) mass is 503 g/mol. The van der Waals surface area contributed by atoms with Crippen LogP contribution in [0.1, 0.15) is 37.8 Å². The maximum atomic E-state index is 13.7. The number of nitrogens with zero attached hydrogens (tertiary/aromatic N) is 2. The normalized spacial score (nSPS) is 13.3. The molecule has 1 heterocycles. The van der Waals surface area contributed by atoms with Gasteiger partial charge in [0, 0.05) is 19.2 Å². The van der Waals surface area contributed by atoms with E-state index in [2.05, 4.69) is 5.32 Å². The molecule has 1 aliphatic heterocycles. The van der Waals surface area contributed by atoms with E-state index in [0.29, 0.717) is 24.5 Å². The van der Waals surface area contributed by atoms with E-state index in [4.69, 9.17) is 9.47 Å². The van der Waals surface area contributed by atoms with Crippen molar-refractivity contribution >= 4 is 27.5 Å². The van der Waals surface area contributed by atoms with Gasteiger partial charge in [-0.2, -0.15) is 0 Å². The third-order valence-corrected chi connectivity index (χ3v) is 7.00. The molecular weight excluding hydrogens is 470 g/mol. The number of rotatable bonds is 11. The molecule has 1 N–H and O–H groups in total. The lowest BCUT2D eigenvalue weighted by Gasteiger charge is -2.33. The summed E-state index contributed by atoms with van der Waals surface area (Å²) >= 11 is 0. The van der Waals surface area contributed by atoms with E-state index < -0.39 is 28.5 Å². The smallest absolute Gasteiger partial charge is 0.244 e. The van der Waals surface area contributed by atoms with Gasteiger partial charge in [0.05, 0.1) is 11.9 Å². The first-order valence-corrected chi connectivity index (χ1v) is 13.5. The number of carbonyl (C=O) groups is 2. The zero-order chi connectivity index (χ0) is 25.6. The Kier molecular flexibility index (Phi) is 8.61. The van der Waals surface area contributed by atoms with Crippen molar-refractivity contribution in [2.24, 2.45) is 0 Å². The maximum absolute atomic E-state index is 13.7. The van der Waals surface area contributed by atoms with Crippen LogP contribution >= 0.6 is 0 Å². The first-order valence-electron chi connectivity index (χ1n) is 11.6. The Morgan fingerprint density at radius 1 is 1.09 bits per heavy atom. The van der Waals surface area contributed by atoms with Crippen LogP contribution in [0.15, 0.2) is 42.5 Å². The number of anilines is 1. The van der Waals surface area contributed by atoms with Crippen LogP contribution < -0.4 is 19.1 Å². The SMILES string of the molecule is CCCNC(=O)[C@H](CC)N(Cc1ccccc1C)C(=O)CN(c1ccc2c(c1)OCO2)S(C)(=O)=O. The first-order chi connectivity index (χ1) is 16.7. The molecule has 0 saturated heterocycles. The van der Waals surface area contributed by atoms with Crippen LogP contribution in [0.4, 0.5) is 5.69 Å². The number of hydrogen-bond acceptors (Lipinski definition) is 6. The molecule has 2 aromatic carbocycles. The van der Waals surface area contributed by atoms with Gasteiger partial charge >= 0.3 is 0 Å². The lowest BCUT2D eigenvalue weighted by molar-refractivity contribution is -0.140. The van der Waals surface area contributed by atoms with Gasteiger partial charge < -0.3 is 19.7 Å². The molecule has 0 radical (unpaired) electrons. The van der Waals surface area contributed by atoms with Crippen molar-refractivity contribution in [2.75, 3.05) is 30.4 Å². The summed E-state index contributed by atoms with van der Waals surface area (Å²) in [6.45, 7) is 5.99. The van der Waals surface area contributed by atoms with Gasteiger partial charge in [0.25, 0.3) is 0 Å². The Hall–Kier alpha value is -3.27. The quantitative estimate of drug-likeness (QED) is 0.506. The summed E-state index contributed by atoms with van der Waals surface area (Å²) < 4.78 is 37.2. The van der Waals surface area contributed by atoms with Gasteiger partial charge in [-0.1, -0.05) is 38.1 Å². The minimum absolute atomic E-state index is 0.0475. The Labute approximate surface area is 207 Å². The van der Waals surface area contributed by atoms with Gasteiger partial charge in [0.1, 0.15) is 12.6 Å². The van der Waals surface area contributed by atoms with Crippen molar-refractivity contribution in [3.63, 3.8) is 0 Å². The Balaban J connectivity index is 1.95. The molecule has 190 valence electrons. The van der Waals surface area contributed by atoms with Crippen molar-refractivity contribution in [3.8, 4) is 11.5 Å². The third kappa shape index (κ3) is 6.45. The molecule has 1 aliphatic rings. The molecule has 0 aromatic heterocycles. The first kappa shape index (κ1) is 26.3. The number of sulfonamides is 1. The summed E-state index contributed by atoms with van der Waals surface area (Å²) in [5.41, 5.74) is 2.14. The second-order valence-corrected chi connectivity index (χ2v) is 10.4.